The number of phenolic OH excluding ortho intramolecular Hbond substituents is 1. The lowest BCUT2D eigenvalue weighted by atomic mass is 9.75. The summed E-state index contributed by atoms with van der Waals surface area (Å²) in [4.78, 5) is 0. The first-order chi connectivity index (χ1) is 11.5. The van der Waals surface area contributed by atoms with Crippen molar-refractivity contribution in [3.8, 4) is 5.75 Å². The number of aromatic hydroxyl groups is 1. The van der Waals surface area contributed by atoms with E-state index in [9.17, 15) is 5.11 Å². The normalized spacial score (nSPS) is 22.2. The van der Waals surface area contributed by atoms with Gasteiger partial charge in [0, 0.05) is 0 Å². The second-order valence-corrected chi connectivity index (χ2v) is 10.4. The Balaban J connectivity index is 2.24. The Morgan fingerprint density at radius 3 is 1.68 bits per heavy atom. The summed E-state index contributed by atoms with van der Waals surface area (Å²) >= 11 is 0. The first kappa shape index (κ1) is 20.3. The molecule has 1 aromatic rings. The quantitative estimate of drug-likeness (QED) is 0.615. The molecule has 0 saturated heterocycles. The van der Waals surface area contributed by atoms with Gasteiger partial charge < -0.3 is 5.11 Å². The SMILES string of the molecule is CCCC1CCC(Cc2cc(C(C)(C)C)c(O)c(C(C)(C)C)c2)CC1. The van der Waals surface area contributed by atoms with Crippen LogP contribution in [0.2, 0.25) is 0 Å². The van der Waals surface area contributed by atoms with Crippen LogP contribution in [-0.2, 0) is 17.3 Å². The Morgan fingerprint density at radius 1 is 0.840 bits per heavy atom. The molecule has 1 saturated carbocycles. The van der Waals surface area contributed by atoms with Crippen molar-refractivity contribution in [3.05, 3.63) is 28.8 Å². The Morgan fingerprint density at radius 2 is 1.28 bits per heavy atom. The van der Waals surface area contributed by atoms with Crippen molar-refractivity contribution in [3.63, 3.8) is 0 Å². The highest BCUT2D eigenvalue weighted by Crippen LogP contribution is 2.41. The zero-order valence-corrected chi connectivity index (χ0v) is 17.7. The summed E-state index contributed by atoms with van der Waals surface area (Å²) in [5.41, 5.74) is 3.58. The molecule has 1 N–H and O–H groups in total. The van der Waals surface area contributed by atoms with E-state index >= 15 is 0 Å². The lowest BCUT2D eigenvalue weighted by Gasteiger charge is -2.31. The van der Waals surface area contributed by atoms with Gasteiger partial charge in [-0.2, -0.15) is 0 Å². The molecule has 0 spiro atoms. The molecule has 0 amide bonds. The monoisotopic (exact) mass is 344 g/mol. The zero-order chi connectivity index (χ0) is 18.8. The smallest absolute Gasteiger partial charge is 0.123 e. The van der Waals surface area contributed by atoms with Crippen molar-refractivity contribution in [2.24, 2.45) is 11.8 Å². The molecular weight excluding hydrogens is 304 g/mol. The highest BCUT2D eigenvalue weighted by atomic mass is 16.3. The number of hydrogen-bond donors (Lipinski definition) is 1. The van der Waals surface area contributed by atoms with E-state index in [0.29, 0.717) is 5.75 Å². The van der Waals surface area contributed by atoms with E-state index in [4.69, 9.17) is 0 Å². The summed E-state index contributed by atoms with van der Waals surface area (Å²) in [6, 6.07) is 4.56. The molecule has 1 heteroatoms. The lowest BCUT2D eigenvalue weighted by Crippen LogP contribution is -2.20. The lowest BCUT2D eigenvalue weighted by molar-refractivity contribution is 0.261. The van der Waals surface area contributed by atoms with Crippen LogP contribution in [0.4, 0.5) is 0 Å². The molecule has 1 aliphatic carbocycles. The third kappa shape index (κ3) is 5.25. The van der Waals surface area contributed by atoms with E-state index in [2.05, 4.69) is 60.6 Å². The van der Waals surface area contributed by atoms with Gasteiger partial charge in [-0.15, -0.1) is 0 Å². The molecule has 1 nitrogen and oxygen atoms in total. The number of phenols is 1. The van der Waals surface area contributed by atoms with E-state index in [1.807, 2.05) is 0 Å². The third-order valence-electron chi connectivity index (χ3n) is 5.97. The van der Waals surface area contributed by atoms with E-state index in [1.165, 1.54) is 50.5 Å². The first-order valence-electron chi connectivity index (χ1n) is 10.4. The standard InChI is InChI=1S/C24H40O/c1-8-9-17-10-12-18(13-11-17)14-19-15-20(23(2,3)4)22(25)21(16-19)24(5,6)7/h15-18,25H,8-14H2,1-7H3. The maximum atomic E-state index is 10.9. The summed E-state index contributed by atoms with van der Waals surface area (Å²) in [6.45, 7) is 15.5. The predicted molar refractivity (Wildman–Crippen MR) is 110 cm³/mol. The van der Waals surface area contributed by atoms with Gasteiger partial charge in [-0.25, -0.2) is 0 Å². The molecule has 0 aromatic heterocycles. The Hall–Kier alpha value is -0.980. The molecule has 25 heavy (non-hydrogen) atoms. The molecule has 0 atom stereocenters. The van der Waals surface area contributed by atoms with Crippen LogP contribution in [0, 0.1) is 11.8 Å². The molecule has 1 aliphatic rings. The van der Waals surface area contributed by atoms with Crippen molar-refractivity contribution in [2.75, 3.05) is 0 Å². The van der Waals surface area contributed by atoms with Crippen LogP contribution in [0.5, 0.6) is 5.75 Å². The molecule has 1 fully saturated rings. The van der Waals surface area contributed by atoms with Crippen LogP contribution in [0.3, 0.4) is 0 Å². The minimum absolute atomic E-state index is 0.0289. The average molecular weight is 345 g/mol. The molecule has 0 unspecified atom stereocenters. The zero-order valence-electron chi connectivity index (χ0n) is 17.7. The fraction of sp³-hybridized carbons (Fsp3) is 0.750. The first-order valence-corrected chi connectivity index (χ1v) is 10.4. The third-order valence-corrected chi connectivity index (χ3v) is 5.97. The van der Waals surface area contributed by atoms with Crippen LogP contribution in [0.25, 0.3) is 0 Å². The number of hydrogen-bond acceptors (Lipinski definition) is 1. The second kappa shape index (κ2) is 7.72. The summed E-state index contributed by atoms with van der Waals surface area (Å²) in [5, 5.41) is 10.9. The van der Waals surface area contributed by atoms with Gasteiger partial charge in [0.05, 0.1) is 0 Å². The number of rotatable bonds is 4. The average Bonchev–Trinajstić information content (AvgIpc) is 2.49. The summed E-state index contributed by atoms with van der Waals surface area (Å²) in [5.74, 6) is 2.30. The van der Waals surface area contributed by atoms with E-state index in [1.54, 1.807) is 0 Å². The topological polar surface area (TPSA) is 20.2 Å². The maximum Gasteiger partial charge on any atom is 0.123 e. The van der Waals surface area contributed by atoms with E-state index in [0.717, 1.165) is 23.0 Å². The minimum Gasteiger partial charge on any atom is -0.507 e. The molecule has 0 radical (unpaired) electrons. The molecule has 0 aliphatic heterocycles. The van der Waals surface area contributed by atoms with Crippen molar-refractivity contribution in [2.45, 2.75) is 104 Å². The van der Waals surface area contributed by atoms with Gasteiger partial charge in [0.1, 0.15) is 5.75 Å². The summed E-state index contributed by atoms with van der Waals surface area (Å²) < 4.78 is 0. The molecule has 142 valence electrons. The molecule has 1 aromatic carbocycles. The molecular formula is C24H40O. The predicted octanol–water partition coefficient (Wildman–Crippen LogP) is 7.14. The van der Waals surface area contributed by atoms with Gasteiger partial charge in [0.2, 0.25) is 0 Å². The van der Waals surface area contributed by atoms with Gasteiger partial charge >= 0.3 is 0 Å². The fourth-order valence-electron chi connectivity index (χ4n) is 4.42. The van der Waals surface area contributed by atoms with Gasteiger partial charge in [0.15, 0.2) is 0 Å². The summed E-state index contributed by atoms with van der Waals surface area (Å²) in [7, 11) is 0. The highest BCUT2D eigenvalue weighted by molar-refractivity contribution is 5.50. The van der Waals surface area contributed by atoms with E-state index < -0.39 is 0 Å². The fourth-order valence-corrected chi connectivity index (χ4v) is 4.42. The molecule has 0 heterocycles. The molecule has 2 rings (SSSR count). The van der Waals surface area contributed by atoms with Crippen LogP contribution in [-0.4, -0.2) is 5.11 Å². The van der Waals surface area contributed by atoms with Crippen molar-refractivity contribution in [1.29, 1.82) is 0 Å². The van der Waals surface area contributed by atoms with Gasteiger partial charge in [-0.05, 0) is 58.6 Å². The minimum atomic E-state index is -0.0289. The van der Waals surface area contributed by atoms with E-state index in [-0.39, 0.29) is 10.8 Å². The Bertz CT molecular complexity index is 528. The van der Waals surface area contributed by atoms with Crippen molar-refractivity contribution in [1.82, 2.24) is 0 Å². The largest absolute Gasteiger partial charge is 0.507 e. The van der Waals surface area contributed by atoms with Gasteiger partial charge in [-0.1, -0.05) is 86.3 Å². The summed E-state index contributed by atoms with van der Waals surface area (Å²) in [6.07, 6.45) is 9.49. The maximum absolute atomic E-state index is 10.9. The van der Waals surface area contributed by atoms with Crippen LogP contribution < -0.4 is 0 Å². The van der Waals surface area contributed by atoms with Crippen LogP contribution in [0.15, 0.2) is 12.1 Å². The van der Waals surface area contributed by atoms with Gasteiger partial charge in [0.25, 0.3) is 0 Å². The second-order valence-electron chi connectivity index (χ2n) is 10.4. The van der Waals surface area contributed by atoms with Crippen molar-refractivity contribution < 1.29 is 5.11 Å². The Kier molecular flexibility index (Phi) is 6.28. The molecule has 0 bridgehead atoms. The van der Waals surface area contributed by atoms with Crippen LogP contribution >= 0.6 is 0 Å². The Labute approximate surface area is 156 Å². The van der Waals surface area contributed by atoms with Crippen LogP contribution in [0.1, 0.15) is 104 Å². The van der Waals surface area contributed by atoms with Gasteiger partial charge in [-0.3, -0.25) is 0 Å². The number of benzene rings is 1. The highest BCUT2D eigenvalue weighted by Gasteiger charge is 2.28. The van der Waals surface area contributed by atoms with Crippen molar-refractivity contribution >= 4 is 0 Å².